The number of fused-ring (bicyclic) bond motifs is 1. The highest BCUT2D eigenvalue weighted by atomic mass is 79.9. The maximum Gasteiger partial charge on any atom is 0.169 e. The normalized spacial score (nSPS) is 16.4. The number of ketones is 1. The van der Waals surface area contributed by atoms with Crippen molar-refractivity contribution in [3.8, 4) is 0 Å². The van der Waals surface area contributed by atoms with E-state index >= 15 is 0 Å². The van der Waals surface area contributed by atoms with E-state index in [9.17, 15) is 13.6 Å². The summed E-state index contributed by atoms with van der Waals surface area (Å²) in [5, 5.41) is 0. The lowest BCUT2D eigenvalue weighted by Crippen LogP contribution is -2.21. The summed E-state index contributed by atoms with van der Waals surface area (Å²) < 4.78 is 27.8. The summed E-state index contributed by atoms with van der Waals surface area (Å²) in [6.45, 7) is 0. The molecule has 0 aromatic heterocycles. The average Bonchev–Trinajstić information content (AvgIpc) is 2.34. The third-order valence-electron chi connectivity index (χ3n) is 3.68. The summed E-state index contributed by atoms with van der Waals surface area (Å²) >= 11 is 3.00. The highest BCUT2D eigenvalue weighted by Gasteiger charge is 2.29. The molecule has 0 amide bonds. The van der Waals surface area contributed by atoms with Crippen LogP contribution in [0.3, 0.4) is 0 Å². The molecule has 2 aromatic rings. The molecule has 3 rings (SSSR count). The molecule has 0 bridgehead atoms. The standard InChI is InChI=1S/C16H11BrF2O/c17-11-7-13(18)16(14(19)8-11)15(20)6-10-5-9-3-1-2-4-12(9)10/h1-4,7-8,10H,5-6H2. The van der Waals surface area contributed by atoms with Gasteiger partial charge in [0, 0.05) is 10.9 Å². The average molecular weight is 337 g/mol. The smallest absolute Gasteiger partial charge is 0.169 e. The van der Waals surface area contributed by atoms with Crippen LogP contribution in [0.2, 0.25) is 0 Å². The molecule has 102 valence electrons. The maximum atomic E-state index is 13.7. The van der Waals surface area contributed by atoms with Gasteiger partial charge in [0.2, 0.25) is 0 Å². The van der Waals surface area contributed by atoms with Gasteiger partial charge in [-0.05, 0) is 35.6 Å². The van der Waals surface area contributed by atoms with Crippen molar-refractivity contribution >= 4 is 21.7 Å². The molecule has 0 spiro atoms. The van der Waals surface area contributed by atoms with Crippen molar-refractivity contribution in [3.05, 3.63) is 69.2 Å². The predicted molar refractivity (Wildman–Crippen MR) is 75.9 cm³/mol. The van der Waals surface area contributed by atoms with Gasteiger partial charge in [0.05, 0.1) is 5.56 Å². The summed E-state index contributed by atoms with van der Waals surface area (Å²) in [6.07, 6.45) is 0.939. The van der Waals surface area contributed by atoms with Crippen LogP contribution in [-0.2, 0) is 6.42 Å². The Labute approximate surface area is 123 Å². The first-order valence-corrected chi connectivity index (χ1v) is 7.11. The third kappa shape index (κ3) is 2.29. The molecule has 0 radical (unpaired) electrons. The molecule has 20 heavy (non-hydrogen) atoms. The van der Waals surface area contributed by atoms with E-state index in [1.54, 1.807) is 0 Å². The van der Waals surface area contributed by atoms with Crippen molar-refractivity contribution in [2.75, 3.05) is 0 Å². The lowest BCUT2D eigenvalue weighted by atomic mass is 9.74. The first-order chi connectivity index (χ1) is 9.56. The second-order valence-electron chi connectivity index (χ2n) is 4.97. The molecule has 0 aliphatic heterocycles. The minimum Gasteiger partial charge on any atom is -0.294 e. The minimum absolute atomic E-state index is 0.0705. The van der Waals surface area contributed by atoms with Crippen LogP contribution in [0, 0.1) is 11.6 Å². The second kappa shape index (κ2) is 5.09. The number of Topliss-reactive ketones (excluding diaryl/α,β-unsaturated/α-hetero) is 1. The lowest BCUT2D eigenvalue weighted by molar-refractivity contribution is 0.0962. The Kier molecular flexibility index (Phi) is 3.42. The van der Waals surface area contributed by atoms with Gasteiger partial charge in [0.25, 0.3) is 0 Å². The van der Waals surface area contributed by atoms with Crippen LogP contribution in [0.5, 0.6) is 0 Å². The summed E-state index contributed by atoms with van der Waals surface area (Å²) in [5.74, 6) is -2.03. The highest BCUT2D eigenvalue weighted by molar-refractivity contribution is 9.10. The number of carbonyl (C=O) groups excluding carboxylic acids is 1. The first-order valence-electron chi connectivity index (χ1n) is 6.32. The summed E-state index contributed by atoms with van der Waals surface area (Å²) in [4.78, 5) is 12.1. The fourth-order valence-corrected chi connectivity index (χ4v) is 3.08. The summed E-state index contributed by atoms with van der Waals surface area (Å²) in [5.41, 5.74) is 1.89. The second-order valence-corrected chi connectivity index (χ2v) is 5.89. The Hall–Kier alpha value is -1.55. The quantitative estimate of drug-likeness (QED) is 0.746. The van der Waals surface area contributed by atoms with Gasteiger partial charge in [0.1, 0.15) is 11.6 Å². The van der Waals surface area contributed by atoms with Crippen LogP contribution >= 0.6 is 15.9 Å². The van der Waals surface area contributed by atoms with E-state index in [-0.39, 0.29) is 16.8 Å². The highest BCUT2D eigenvalue weighted by Crippen LogP contribution is 2.38. The van der Waals surface area contributed by atoms with Crippen molar-refractivity contribution in [3.63, 3.8) is 0 Å². The molecule has 1 unspecified atom stereocenters. The third-order valence-corrected chi connectivity index (χ3v) is 4.14. The van der Waals surface area contributed by atoms with Gasteiger partial charge >= 0.3 is 0 Å². The molecule has 0 heterocycles. The first kappa shape index (κ1) is 13.4. The van der Waals surface area contributed by atoms with Crippen molar-refractivity contribution in [2.24, 2.45) is 0 Å². The fraction of sp³-hybridized carbons (Fsp3) is 0.188. The largest absolute Gasteiger partial charge is 0.294 e. The van der Waals surface area contributed by atoms with Gasteiger partial charge in [-0.15, -0.1) is 0 Å². The van der Waals surface area contributed by atoms with E-state index in [0.717, 1.165) is 24.1 Å². The molecule has 2 aromatic carbocycles. The predicted octanol–water partition coefficient (Wildman–Crippen LogP) is 4.64. The zero-order valence-corrected chi connectivity index (χ0v) is 12.1. The Balaban J connectivity index is 1.82. The van der Waals surface area contributed by atoms with Crippen molar-refractivity contribution in [1.82, 2.24) is 0 Å². The Morgan fingerprint density at radius 3 is 2.50 bits per heavy atom. The van der Waals surface area contributed by atoms with Gasteiger partial charge in [-0.25, -0.2) is 8.78 Å². The molecule has 0 saturated heterocycles. The molecule has 4 heteroatoms. The van der Waals surface area contributed by atoms with E-state index < -0.39 is 23.0 Å². The fourth-order valence-electron chi connectivity index (χ4n) is 2.68. The minimum atomic E-state index is -0.811. The molecule has 1 aliphatic carbocycles. The zero-order valence-electron chi connectivity index (χ0n) is 10.5. The molecule has 1 aliphatic rings. The number of carbonyl (C=O) groups is 1. The summed E-state index contributed by atoms with van der Waals surface area (Å²) in [7, 11) is 0. The molecule has 0 fully saturated rings. The van der Waals surface area contributed by atoms with Crippen LogP contribution in [0.25, 0.3) is 0 Å². The van der Waals surface area contributed by atoms with Crippen molar-refractivity contribution in [1.29, 1.82) is 0 Å². The van der Waals surface area contributed by atoms with E-state index in [1.165, 1.54) is 5.56 Å². The molecule has 1 atom stereocenters. The van der Waals surface area contributed by atoms with Crippen molar-refractivity contribution < 1.29 is 13.6 Å². The number of halogens is 3. The van der Waals surface area contributed by atoms with E-state index in [4.69, 9.17) is 0 Å². The Morgan fingerprint density at radius 1 is 1.20 bits per heavy atom. The van der Waals surface area contributed by atoms with E-state index in [1.807, 2.05) is 24.3 Å². The Bertz CT molecular complexity index is 674. The SMILES string of the molecule is O=C(CC1Cc2ccccc21)c1c(F)cc(Br)cc1F. The van der Waals surface area contributed by atoms with Gasteiger partial charge in [-0.1, -0.05) is 40.2 Å². The molecule has 1 nitrogen and oxygen atoms in total. The van der Waals surface area contributed by atoms with Gasteiger partial charge in [-0.3, -0.25) is 4.79 Å². The molecule has 0 saturated carbocycles. The molecular weight excluding hydrogens is 326 g/mol. The van der Waals surface area contributed by atoms with Crippen LogP contribution in [0.15, 0.2) is 40.9 Å². The maximum absolute atomic E-state index is 13.7. The van der Waals surface area contributed by atoms with E-state index in [2.05, 4.69) is 15.9 Å². The van der Waals surface area contributed by atoms with Crippen molar-refractivity contribution in [2.45, 2.75) is 18.8 Å². The van der Waals surface area contributed by atoms with E-state index in [0.29, 0.717) is 0 Å². The summed E-state index contributed by atoms with van der Waals surface area (Å²) in [6, 6.07) is 10.1. The number of benzene rings is 2. The van der Waals surface area contributed by atoms with Gasteiger partial charge in [-0.2, -0.15) is 0 Å². The van der Waals surface area contributed by atoms with Crippen LogP contribution < -0.4 is 0 Å². The Morgan fingerprint density at radius 2 is 1.85 bits per heavy atom. The topological polar surface area (TPSA) is 17.1 Å². The lowest BCUT2D eigenvalue weighted by Gasteiger charge is -2.29. The number of hydrogen-bond donors (Lipinski definition) is 0. The molecule has 0 N–H and O–H groups in total. The van der Waals surface area contributed by atoms with Crippen LogP contribution in [0.4, 0.5) is 8.78 Å². The van der Waals surface area contributed by atoms with Gasteiger partial charge < -0.3 is 0 Å². The number of rotatable bonds is 3. The zero-order chi connectivity index (χ0) is 14.3. The number of hydrogen-bond acceptors (Lipinski definition) is 1. The van der Waals surface area contributed by atoms with Gasteiger partial charge in [0.15, 0.2) is 5.78 Å². The van der Waals surface area contributed by atoms with Crippen LogP contribution in [-0.4, -0.2) is 5.78 Å². The van der Waals surface area contributed by atoms with Crippen LogP contribution in [0.1, 0.15) is 33.8 Å². The monoisotopic (exact) mass is 336 g/mol. The molecular formula is C16H11BrF2O.